The Kier molecular flexibility index (Phi) is 4.71. The lowest BCUT2D eigenvalue weighted by molar-refractivity contribution is -0.163. The average Bonchev–Trinajstić information content (AvgIpc) is 2.61. The smallest absolute Gasteiger partial charge is 0.462 e. The van der Waals surface area contributed by atoms with Crippen LogP contribution in [-0.2, 0) is 23.6 Å². The van der Waals surface area contributed by atoms with Crippen molar-refractivity contribution in [3.63, 3.8) is 0 Å². The van der Waals surface area contributed by atoms with E-state index in [4.69, 9.17) is 19.2 Å². The fraction of sp³-hybridized carbons (Fsp3) is 0.600. The predicted octanol–water partition coefficient (Wildman–Crippen LogP) is 0.481. The number of hydrogen-bond acceptors (Lipinski definition) is 5. The first kappa shape index (κ1) is 13.7. The van der Waals surface area contributed by atoms with Crippen molar-refractivity contribution in [3.8, 4) is 0 Å². The van der Waals surface area contributed by atoms with Crippen LogP contribution in [-0.4, -0.2) is 42.5 Å². The molecule has 2 unspecified atom stereocenters. The Morgan fingerprint density at radius 3 is 2.53 bits per heavy atom. The van der Waals surface area contributed by atoms with E-state index in [1.165, 1.54) is 6.08 Å². The van der Waals surface area contributed by atoms with E-state index in [1.54, 1.807) is 13.8 Å². The van der Waals surface area contributed by atoms with Crippen molar-refractivity contribution in [1.82, 2.24) is 0 Å². The molecule has 2 atom stereocenters. The van der Waals surface area contributed by atoms with E-state index < -0.39 is 31.3 Å². The van der Waals surface area contributed by atoms with Crippen LogP contribution in [0, 0.1) is 0 Å². The summed E-state index contributed by atoms with van der Waals surface area (Å²) >= 11 is 0. The fourth-order valence-corrected chi connectivity index (χ4v) is 1.42. The first-order valence-corrected chi connectivity index (χ1v) is 5.30. The molecule has 0 aliphatic carbocycles. The normalized spacial score (nSPS) is 23.8. The third-order valence-corrected chi connectivity index (χ3v) is 2.06. The molecule has 0 saturated carbocycles. The number of allylic oxidation sites excluding steroid dienone is 1. The summed E-state index contributed by atoms with van der Waals surface area (Å²) in [6.45, 7) is 6.83. The minimum atomic E-state index is -1.33. The number of aliphatic carboxylic acids is 1. The van der Waals surface area contributed by atoms with Crippen molar-refractivity contribution in [2.24, 2.45) is 0 Å². The average molecular weight is 242 g/mol. The summed E-state index contributed by atoms with van der Waals surface area (Å²) in [4.78, 5) is 22.5. The summed E-state index contributed by atoms with van der Waals surface area (Å²) in [5.41, 5.74) is 0. The first-order chi connectivity index (χ1) is 7.95. The number of carbonyl (C=O) groups is 2. The summed E-state index contributed by atoms with van der Waals surface area (Å²) < 4.78 is 15.2. The molecule has 0 bridgehead atoms. The second-order valence-electron chi connectivity index (χ2n) is 3.89. The number of carboxylic acid groups (broad SMARTS) is 1. The maximum absolute atomic E-state index is 11.6. The van der Waals surface area contributed by atoms with E-state index in [1.807, 2.05) is 0 Å². The zero-order valence-electron chi connectivity index (χ0n) is 9.79. The van der Waals surface area contributed by atoms with Gasteiger partial charge in [-0.1, -0.05) is 6.08 Å². The largest absolute Gasteiger partial charge is 0.479 e. The summed E-state index contributed by atoms with van der Waals surface area (Å²) in [6.07, 6.45) is -1.04. The van der Waals surface area contributed by atoms with E-state index in [9.17, 15) is 9.59 Å². The predicted molar refractivity (Wildman–Crippen MR) is 59.4 cm³/mol. The minimum absolute atomic E-state index is 0.315. The number of hydrogen-bond donors (Lipinski definition) is 1. The molecule has 0 spiro atoms. The lowest BCUT2D eigenvalue weighted by Crippen LogP contribution is -2.39. The number of carboxylic acids is 1. The Balaban J connectivity index is 2.70. The second-order valence-corrected chi connectivity index (χ2v) is 3.89. The van der Waals surface area contributed by atoms with Crippen LogP contribution in [0.5, 0.6) is 0 Å². The Morgan fingerprint density at radius 2 is 2.06 bits per heavy atom. The van der Waals surface area contributed by atoms with Crippen LogP contribution in [0.1, 0.15) is 13.8 Å². The molecule has 7 heteroatoms. The fourth-order valence-electron chi connectivity index (χ4n) is 1.42. The first-order valence-electron chi connectivity index (χ1n) is 5.30. The van der Waals surface area contributed by atoms with Gasteiger partial charge in [-0.3, -0.25) is 0 Å². The van der Waals surface area contributed by atoms with Crippen molar-refractivity contribution in [3.05, 3.63) is 12.7 Å². The van der Waals surface area contributed by atoms with Crippen molar-refractivity contribution >= 4 is 19.1 Å². The Hall–Kier alpha value is -1.34. The zero-order valence-corrected chi connectivity index (χ0v) is 9.79. The van der Waals surface area contributed by atoms with Crippen LogP contribution in [0.4, 0.5) is 0 Å². The number of rotatable bonds is 5. The van der Waals surface area contributed by atoms with Gasteiger partial charge in [-0.2, -0.15) is 0 Å². The molecule has 1 rings (SSSR count). The molecule has 6 nitrogen and oxygen atoms in total. The molecule has 0 radical (unpaired) electrons. The molecular formula is C10H15BO6. The van der Waals surface area contributed by atoms with Crippen LogP contribution in [0.25, 0.3) is 0 Å². The Bertz CT molecular complexity index is 316. The monoisotopic (exact) mass is 242 g/mol. The molecule has 0 aromatic rings. The van der Waals surface area contributed by atoms with Crippen LogP contribution in [0.2, 0.25) is 6.32 Å². The van der Waals surface area contributed by atoms with E-state index in [2.05, 4.69) is 6.58 Å². The molecule has 0 amide bonds. The minimum Gasteiger partial charge on any atom is -0.479 e. The van der Waals surface area contributed by atoms with Crippen molar-refractivity contribution < 1.29 is 28.7 Å². The van der Waals surface area contributed by atoms with Gasteiger partial charge in [-0.05, 0) is 13.8 Å². The van der Waals surface area contributed by atoms with Gasteiger partial charge in [0.05, 0.1) is 6.10 Å². The molecule has 94 valence electrons. The molecule has 1 saturated heterocycles. The van der Waals surface area contributed by atoms with E-state index in [-0.39, 0.29) is 6.10 Å². The lowest BCUT2D eigenvalue weighted by Gasteiger charge is -2.15. The van der Waals surface area contributed by atoms with Gasteiger partial charge in [0.1, 0.15) is 0 Å². The second kappa shape index (κ2) is 5.83. The lowest BCUT2D eigenvalue weighted by atomic mass is 9.85. The highest BCUT2D eigenvalue weighted by Crippen LogP contribution is 2.21. The SMILES string of the molecule is C=CCB1OC(C(=O)O)C(C(=O)OC(C)C)O1. The summed E-state index contributed by atoms with van der Waals surface area (Å²) in [7, 11) is -0.765. The standard InChI is InChI=1S/C10H15BO6/c1-4-5-11-16-7(9(12)13)8(17-11)10(14)15-6(2)3/h4,6-8H,1,5H2,2-3H3,(H,12,13). The van der Waals surface area contributed by atoms with Gasteiger partial charge in [0.25, 0.3) is 0 Å². The molecule has 1 fully saturated rings. The molecule has 17 heavy (non-hydrogen) atoms. The highest BCUT2D eigenvalue weighted by atomic mass is 16.7. The van der Waals surface area contributed by atoms with Gasteiger partial charge in [0.15, 0.2) is 12.2 Å². The molecule has 0 aromatic heterocycles. The zero-order chi connectivity index (χ0) is 13.0. The van der Waals surface area contributed by atoms with Crippen molar-refractivity contribution in [1.29, 1.82) is 0 Å². The molecule has 0 aromatic carbocycles. The number of carbonyl (C=O) groups excluding carboxylic acids is 1. The maximum atomic E-state index is 11.6. The van der Waals surface area contributed by atoms with Gasteiger partial charge >= 0.3 is 19.1 Å². The van der Waals surface area contributed by atoms with Gasteiger partial charge in [0.2, 0.25) is 0 Å². The van der Waals surface area contributed by atoms with Crippen LogP contribution < -0.4 is 0 Å². The van der Waals surface area contributed by atoms with Gasteiger partial charge in [-0.25, -0.2) is 9.59 Å². The van der Waals surface area contributed by atoms with E-state index in [0.717, 1.165) is 0 Å². The Morgan fingerprint density at radius 1 is 1.47 bits per heavy atom. The van der Waals surface area contributed by atoms with Gasteiger partial charge < -0.3 is 19.2 Å². The van der Waals surface area contributed by atoms with Crippen molar-refractivity contribution in [2.75, 3.05) is 0 Å². The highest BCUT2D eigenvalue weighted by molar-refractivity contribution is 6.46. The van der Waals surface area contributed by atoms with Gasteiger partial charge in [-0.15, -0.1) is 6.58 Å². The van der Waals surface area contributed by atoms with Gasteiger partial charge in [0, 0.05) is 6.32 Å². The third-order valence-electron chi connectivity index (χ3n) is 2.06. The summed E-state index contributed by atoms with van der Waals surface area (Å²) in [5, 5.41) is 8.91. The molecule has 1 aliphatic rings. The van der Waals surface area contributed by atoms with E-state index >= 15 is 0 Å². The summed E-state index contributed by atoms with van der Waals surface area (Å²) in [6, 6.07) is 0. The van der Waals surface area contributed by atoms with Crippen LogP contribution in [0.3, 0.4) is 0 Å². The molecule has 1 aliphatic heterocycles. The molecular weight excluding hydrogens is 227 g/mol. The maximum Gasteiger partial charge on any atom is 0.462 e. The number of ether oxygens (including phenoxy) is 1. The summed E-state index contributed by atoms with van der Waals surface area (Å²) in [5.74, 6) is -1.97. The topological polar surface area (TPSA) is 82.1 Å². The third kappa shape index (κ3) is 3.57. The molecule has 1 N–H and O–H groups in total. The van der Waals surface area contributed by atoms with E-state index in [0.29, 0.717) is 6.32 Å². The Labute approximate surface area is 99.7 Å². The number of esters is 1. The molecule has 1 heterocycles. The van der Waals surface area contributed by atoms with Crippen LogP contribution >= 0.6 is 0 Å². The van der Waals surface area contributed by atoms with Crippen molar-refractivity contribution in [2.45, 2.75) is 38.5 Å². The van der Waals surface area contributed by atoms with Crippen LogP contribution in [0.15, 0.2) is 12.7 Å². The quantitative estimate of drug-likeness (QED) is 0.429. The highest BCUT2D eigenvalue weighted by Gasteiger charge is 2.47.